The molecule has 4 rings (SSSR count). The lowest BCUT2D eigenvalue weighted by atomic mass is 10.0. The number of ether oxygens (including phenoxy) is 1. The Morgan fingerprint density at radius 3 is 2.35 bits per heavy atom. The fraction of sp³-hybridized carbons (Fsp3) is 0.0952. The number of hydrogen-bond acceptors (Lipinski definition) is 2. The second kappa shape index (κ2) is 5.40. The van der Waals surface area contributed by atoms with Crippen molar-refractivity contribution < 1.29 is 4.74 Å². The minimum atomic E-state index is 0.651. The van der Waals surface area contributed by atoms with Gasteiger partial charge in [-0.2, -0.15) is 0 Å². The Hall–Kier alpha value is -2.87. The highest BCUT2D eigenvalue weighted by atomic mass is 16.5. The average Bonchev–Trinajstić information content (AvgIpc) is 2.54. The molecule has 0 aliphatic carbocycles. The van der Waals surface area contributed by atoms with Gasteiger partial charge >= 0.3 is 0 Å². The monoisotopic (exact) mass is 299 g/mol. The molecule has 0 radical (unpaired) electrons. The maximum Gasteiger partial charge on any atom is 0.227 e. The molecule has 0 atom stereocenters. The first-order valence-electron chi connectivity index (χ1n) is 7.73. The molecular weight excluding hydrogens is 282 g/mol. The first kappa shape index (κ1) is 13.8. The largest absolute Gasteiger partial charge is 0.438 e. The maximum atomic E-state index is 6.09. The molecule has 0 amide bonds. The number of benzene rings is 3. The van der Waals surface area contributed by atoms with Crippen molar-refractivity contribution in [3.05, 3.63) is 78.0 Å². The lowest BCUT2D eigenvalue weighted by molar-refractivity contribution is 0.468. The molecule has 0 aliphatic heterocycles. The van der Waals surface area contributed by atoms with Crippen molar-refractivity contribution in [1.29, 1.82) is 0 Å². The van der Waals surface area contributed by atoms with Gasteiger partial charge in [-0.25, -0.2) is 4.98 Å². The number of aryl methyl sites for hydroxylation is 2. The summed E-state index contributed by atoms with van der Waals surface area (Å²) in [5.74, 6) is 1.48. The molecule has 0 unspecified atom stereocenters. The predicted molar refractivity (Wildman–Crippen MR) is 95.2 cm³/mol. The van der Waals surface area contributed by atoms with E-state index in [1.807, 2.05) is 24.4 Å². The van der Waals surface area contributed by atoms with Crippen LogP contribution in [-0.2, 0) is 0 Å². The van der Waals surface area contributed by atoms with Gasteiger partial charge in [-0.3, -0.25) is 0 Å². The molecule has 0 fully saturated rings. The third-order valence-corrected chi connectivity index (χ3v) is 4.04. The summed E-state index contributed by atoms with van der Waals surface area (Å²) in [6, 6.07) is 20.8. The third-order valence-electron chi connectivity index (χ3n) is 4.04. The van der Waals surface area contributed by atoms with E-state index in [1.54, 1.807) is 0 Å². The van der Waals surface area contributed by atoms with Gasteiger partial charge in [0.05, 0.1) is 0 Å². The maximum absolute atomic E-state index is 6.09. The molecule has 23 heavy (non-hydrogen) atoms. The second-order valence-electron chi connectivity index (χ2n) is 5.92. The van der Waals surface area contributed by atoms with Gasteiger partial charge < -0.3 is 4.74 Å². The van der Waals surface area contributed by atoms with Gasteiger partial charge in [0.25, 0.3) is 0 Å². The highest BCUT2D eigenvalue weighted by molar-refractivity contribution is 6.08. The third kappa shape index (κ3) is 2.53. The van der Waals surface area contributed by atoms with Crippen molar-refractivity contribution in [3.8, 4) is 11.6 Å². The summed E-state index contributed by atoms with van der Waals surface area (Å²) < 4.78 is 6.09. The number of rotatable bonds is 2. The van der Waals surface area contributed by atoms with Crippen LogP contribution in [-0.4, -0.2) is 4.98 Å². The molecule has 112 valence electrons. The van der Waals surface area contributed by atoms with Crippen LogP contribution in [0.5, 0.6) is 11.6 Å². The van der Waals surface area contributed by atoms with Crippen LogP contribution in [0.1, 0.15) is 11.1 Å². The molecule has 2 nitrogen and oxygen atoms in total. The molecule has 3 aromatic carbocycles. The number of nitrogens with zero attached hydrogens (tertiary/aromatic N) is 1. The Bertz CT molecular complexity index is 1000. The number of pyridine rings is 1. The van der Waals surface area contributed by atoms with E-state index in [0.717, 1.165) is 16.5 Å². The smallest absolute Gasteiger partial charge is 0.227 e. The normalized spacial score (nSPS) is 11.0. The van der Waals surface area contributed by atoms with E-state index in [0.29, 0.717) is 5.88 Å². The first-order chi connectivity index (χ1) is 11.2. The van der Waals surface area contributed by atoms with Gasteiger partial charge in [-0.15, -0.1) is 0 Å². The first-order valence-corrected chi connectivity index (χ1v) is 7.73. The predicted octanol–water partition coefficient (Wildman–Crippen LogP) is 5.80. The van der Waals surface area contributed by atoms with Crippen LogP contribution in [0.2, 0.25) is 0 Å². The minimum absolute atomic E-state index is 0.651. The fourth-order valence-corrected chi connectivity index (χ4v) is 3.10. The van der Waals surface area contributed by atoms with Crippen LogP contribution in [0.4, 0.5) is 0 Å². The van der Waals surface area contributed by atoms with E-state index < -0.39 is 0 Å². The Morgan fingerprint density at radius 2 is 1.52 bits per heavy atom. The van der Waals surface area contributed by atoms with Gasteiger partial charge in [-0.1, -0.05) is 36.4 Å². The van der Waals surface area contributed by atoms with Crippen LogP contribution in [0.25, 0.3) is 21.5 Å². The minimum Gasteiger partial charge on any atom is -0.438 e. The summed E-state index contributed by atoms with van der Waals surface area (Å²) in [4.78, 5) is 4.45. The van der Waals surface area contributed by atoms with Gasteiger partial charge in [0.1, 0.15) is 5.75 Å². The second-order valence-corrected chi connectivity index (χ2v) is 5.92. The van der Waals surface area contributed by atoms with Crippen LogP contribution in [0.3, 0.4) is 0 Å². The average molecular weight is 299 g/mol. The van der Waals surface area contributed by atoms with Crippen LogP contribution < -0.4 is 4.74 Å². The Kier molecular flexibility index (Phi) is 3.23. The quantitative estimate of drug-likeness (QED) is 0.437. The molecule has 0 saturated heterocycles. The summed E-state index contributed by atoms with van der Waals surface area (Å²) >= 11 is 0. The molecule has 0 aliphatic rings. The molecule has 1 aromatic heterocycles. The van der Waals surface area contributed by atoms with Crippen LogP contribution >= 0.6 is 0 Å². The fourth-order valence-electron chi connectivity index (χ4n) is 3.10. The summed E-state index contributed by atoms with van der Waals surface area (Å²) in [6.45, 7) is 4.15. The molecule has 0 saturated carbocycles. The van der Waals surface area contributed by atoms with Crippen LogP contribution in [0.15, 0.2) is 66.9 Å². The Labute approximate surface area is 135 Å². The lowest BCUT2D eigenvalue weighted by Gasteiger charge is -2.10. The van der Waals surface area contributed by atoms with Crippen molar-refractivity contribution >= 4 is 21.5 Å². The number of aromatic nitrogens is 1. The van der Waals surface area contributed by atoms with E-state index in [-0.39, 0.29) is 0 Å². The zero-order valence-electron chi connectivity index (χ0n) is 13.2. The molecule has 0 spiro atoms. The molecule has 0 N–H and O–H groups in total. The van der Waals surface area contributed by atoms with E-state index in [2.05, 4.69) is 61.3 Å². The Morgan fingerprint density at radius 1 is 0.739 bits per heavy atom. The molecule has 0 bridgehead atoms. The number of hydrogen-bond donors (Lipinski definition) is 0. The SMILES string of the molecule is Cc1cc(C)cc(Oc2nccc3c2ccc2ccccc23)c1. The van der Waals surface area contributed by atoms with E-state index >= 15 is 0 Å². The molecular formula is C21H17NO. The highest BCUT2D eigenvalue weighted by Gasteiger charge is 2.08. The van der Waals surface area contributed by atoms with Crippen molar-refractivity contribution in [3.63, 3.8) is 0 Å². The Balaban J connectivity index is 1.88. The van der Waals surface area contributed by atoms with Gasteiger partial charge in [-0.05, 0) is 65.4 Å². The van der Waals surface area contributed by atoms with Crippen LogP contribution in [0, 0.1) is 13.8 Å². The number of fused-ring (bicyclic) bond motifs is 3. The molecule has 1 heterocycles. The van der Waals surface area contributed by atoms with Gasteiger partial charge in [0.2, 0.25) is 5.88 Å². The molecule has 4 aromatic rings. The summed E-state index contributed by atoms with van der Waals surface area (Å²) in [5, 5.41) is 4.64. The van der Waals surface area contributed by atoms with Gasteiger partial charge in [0, 0.05) is 11.6 Å². The summed E-state index contributed by atoms with van der Waals surface area (Å²) in [5.41, 5.74) is 2.37. The lowest BCUT2D eigenvalue weighted by Crippen LogP contribution is -1.91. The summed E-state index contributed by atoms with van der Waals surface area (Å²) in [6.07, 6.45) is 1.81. The van der Waals surface area contributed by atoms with Gasteiger partial charge in [0.15, 0.2) is 0 Å². The van der Waals surface area contributed by atoms with E-state index in [9.17, 15) is 0 Å². The summed E-state index contributed by atoms with van der Waals surface area (Å²) in [7, 11) is 0. The van der Waals surface area contributed by atoms with Crippen molar-refractivity contribution in [1.82, 2.24) is 4.98 Å². The van der Waals surface area contributed by atoms with E-state index in [1.165, 1.54) is 21.9 Å². The van der Waals surface area contributed by atoms with Crippen molar-refractivity contribution in [2.24, 2.45) is 0 Å². The molecule has 2 heteroatoms. The standard InChI is InChI=1S/C21H17NO/c1-14-11-15(2)13-17(12-14)23-21-20-8-7-16-5-3-4-6-18(16)19(20)9-10-22-21/h3-13H,1-2H3. The zero-order valence-corrected chi connectivity index (χ0v) is 13.2. The topological polar surface area (TPSA) is 22.1 Å². The highest BCUT2D eigenvalue weighted by Crippen LogP contribution is 2.32. The zero-order chi connectivity index (χ0) is 15.8. The van der Waals surface area contributed by atoms with Crippen molar-refractivity contribution in [2.75, 3.05) is 0 Å². The van der Waals surface area contributed by atoms with Crippen molar-refractivity contribution in [2.45, 2.75) is 13.8 Å². The van der Waals surface area contributed by atoms with E-state index in [4.69, 9.17) is 4.74 Å².